The number of hydrogen-bond acceptors (Lipinski definition) is 6. The fourth-order valence-corrected chi connectivity index (χ4v) is 3.68. The van der Waals surface area contributed by atoms with E-state index in [0.717, 1.165) is 19.4 Å². The number of rotatable bonds is 5. The Morgan fingerprint density at radius 1 is 1.25 bits per heavy atom. The minimum Gasteiger partial charge on any atom is -0.376 e. The molecule has 2 saturated heterocycles. The number of carbonyl (C=O) groups is 1. The van der Waals surface area contributed by atoms with Crippen LogP contribution in [0.15, 0.2) is 24.3 Å². The van der Waals surface area contributed by atoms with Crippen LogP contribution in [0, 0.1) is 16.0 Å². The number of piperidine rings is 1. The van der Waals surface area contributed by atoms with Crippen molar-refractivity contribution in [2.75, 3.05) is 31.1 Å². The highest BCUT2D eigenvalue weighted by molar-refractivity contribution is 7.80. The molecule has 0 bridgehead atoms. The number of hydrazine groups is 1. The lowest BCUT2D eigenvalue weighted by atomic mass is 9.95. The monoisotopic (exact) mass is 407 g/mol. The van der Waals surface area contributed by atoms with Crippen molar-refractivity contribution in [1.82, 2.24) is 16.2 Å². The highest BCUT2D eigenvalue weighted by Gasteiger charge is 2.28. The molecule has 3 N–H and O–H groups in total. The van der Waals surface area contributed by atoms with Crippen LogP contribution < -0.4 is 21.1 Å². The maximum Gasteiger partial charge on any atom is 0.292 e. The minimum atomic E-state index is -0.372. The summed E-state index contributed by atoms with van der Waals surface area (Å²) < 4.78 is 5.51. The summed E-state index contributed by atoms with van der Waals surface area (Å²) in [6, 6.07) is 6.69. The Morgan fingerprint density at radius 2 is 2.00 bits per heavy atom. The topological polar surface area (TPSA) is 109 Å². The summed E-state index contributed by atoms with van der Waals surface area (Å²) in [6.45, 7) is 2.58. The smallest absolute Gasteiger partial charge is 0.292 e. The number of nitro groups is 1. The van der Waals surface area contributed by atoms with Gasteiger partial charge < -0.3 is 15.0 Å². The first-order valence-electron chi connectivity index (χ1n) is 9.48. The van der Waals surface area contributed by atoms with Crippen LogP contribution in [0.25, 0.3) is 0 Å². The van der Waals surface area contributed by atoms with Crippen molar-refractivity contribution in [3.05, 3.63) is 34.4 Å². The zero-order valence-electron chi connectivity index (χ0n) is 15.6. The lowest BCUT2D eigenvalue weighted by Crippen LogP contribution is -2.51. The second-order valence-electron chi connectivity index (χ2n) is 6.97. The van der Waals surface area contributed by atoms with Crippen molar-refractivity contribution < 1.29 is 14.5 Å². The molecule has 2 heterocycles. The van der Waals surface area contributed by atoms with Crippen molar-refractivity contribution in [3.8, 4) is 0 Å². The van der Waals surface area contributed by atoms with E-state index in [1.165, 1.54) is 6.07 Å². The normalized spacial score (nSPS) is 19.9. The Kier molecular flexibility index (Phi) is 6.99. The molecule has 0 radical (unpaired) electrons. The van der Waals surface area contributed by atoms with E-state index in [1.807, 2.05) is 4.90 Å². The zero-order chi connectivity index (χ0) is 19.9. The number of benzene rings is 1. The Bertz CT molecular complexity index is 718. The van der Waals surface area contributed by atoms with E-state index in [9.17, 15) is 14.9 Å². The Hall–Kier alpha value is -2.46. The third-order valence-corrected chi connectivity index (χ3v) is 5.34. The zero-order valence-corrected chi connectivity index (χ0v) is 16.4. The average molecular weight is 407 g/mol. The highest BCUT2D eigenvalue weighted by atomic mass is 32.1. The summed E-state index contributed by atoms with van der Waals surface area (Å²) in [6.07, 6.45) is 3.49. The van der Waals surface area contributed by atoms with Crippen molar-refractivity contribution in [1.29, 1.82) is 0 Å². The molecule has 2 aliphatic heterocycles. The Balaban J connectivity index is 1.41. The van der Waals surface area contributed by atoms with Gasteiger partial charge in [0.1, 0.15) is 5.69 Å². The van der Waals surface area contributed by atoms with Gasteiger partial charge in [-0.15, -0.1) is 0 Å². The molecular formula is C18H25N5O4S. The molecule has 28 heavy (non-hydrogen) atoms. The molecule has 0 saturated carbocycles. The van der Waals surface area contributed by atoms with Gasteiger partial charge in [-0.1, -0.05) is 12.1 Å². The summed E-state index contributed by atoms with van der Waals surface area (Å²) in [7, 11) is 0. The van der Waals surface area contributed by atoms with E-state index >= 15 is 0 Å². The SMILES string of the molecule is O=C(NNC(=S)NC[C@@H]1CCCO1)C1CCN(c2ccccc2[N+](=O)[O-])CC1. The summed E-state index contributed by atoms with van der Waals surface area (Å²) in [4.78, 5) is 25.2. The van der Waals surface area contributed by atoms with Crippen molar-refractivity contribution in [3.63, 3.8) is 0 Å². The van der Waals surface area contributed by atoms with Gasteiger partial charge in [0.25, 0.3) is 5.69 Å². The molecule has 0 unspecified atom stereocenters. The first-order valence-corrected chi connectivity index (χ1v) is 9.89. The number of thiocarbonyl (C=S) groups is 1. The first-order chi connectivity index (χ1) is 13.5. The average Bonchev–Trinajstić information content (AvgIpc) is 3.24. The van der Waals surface area contributed by atoms with Gasteiger partial charge in [0.2, 0.25) is 5.91 Å². The van der Waals surface area contributed by atoms with Crippen LogP contribution in [-0.4, -0.2) is 48.3 Å². The number of nitrogens with one attached hydrogen (secondary N) is 3. The number of hydrogen-bond donors (Lipinski definition) is 3. The molecule has 2 fully saturated rings. The van der Waals surface area contributed by atoms with E-state index < -0.39 is 0 Å². The molecular weight excluding hydrogens is 382 g/mol. The van der Waals surface area contributed by atoms with Gasteiger partial charge in [-0.2, -0.15) is 0 Å². The number of amides is 1. The number of nitrogens with zero attached hydrogens (tertiary/aromatic N) is 2. The van der Waals surface area contributed by atoms with Gasteiger partial charge in [-0.25, -0.2) is 0 Å². The summed E-state index contributed by atoms with van der Waals surface area (Å²) in [5, 5.41) is 14.6. The van der Waals surface area contributed by atoms with Crippen molar-refractivity contribution in [2.24, 2.45) is 5.92 Å². The molecule has 0 aliphatic carbocycles. The van der Waals surface area contributed by atoms with Crippen LogP contribution in [0.5, 0.6) is 0 Å². The van der Waals surface area contributed by atoms with Crippen LogP contribution >= 0.6 is 12.2 Å². The fraction of sp³-hybridized carbons (Fsp3) is 0.556. The second-order valence-corrected chi connectivity index (χ2v) is 7.37. The minimum absolute atomic E-state index is 0.0923. The maximum atomic E-state index is 12.4. The quantitative estimate of drug-likeness (QED) is 0.383. The predicted octanol–water partition coefficient (Wildman–Crippen LogP) is 1.49. The molecule has 1 amide bonds. The Labute approximate surface area is 168 Å². The first kappa shape index (κ1) is 20.3. The van der Waals surface area contributed by atoms with E-state index in [0.29, 0.717) is 43.3 Å². The maximum absolute atomic E-state index is 12.4. The number of ether oxygens (including phenoxy) is 1. The van der Waals surface area contributed by atoms with Gasteiger partial charge >= 0.3 is 0 Å². The lowest BCUT2D eigenvalue weighted by molar-refractivity contribution is -0.384. The van der Waals surface area contributed by atoms with Crippen molar-refractivity contribution in [2.45, 2.75) is 31.8 Å². The van der Waals surface area contributed by atoms with Gasteiger partial charge in [0.05, 0.1) is 11.0 Å². The molecule has 9 nitrogen and oxygen atoms in total. The van der Waals surface area contributed by atoms with E-state index in [-0.39, 0.29) is 28.5 Å². The summed E-state index contributed by atoms with van der Waals surface area (Å²) in [5.41, 5.74) is 6.08. The Morgan fingerprint density at radius 3 is 2.68 bits per heavy atom. The number of nitro benzene ring substituents is 1. The summed E-state index contributed by atoms with van der Waals surface area (Å²) in [5.74, 6) is -0.282. The van der Waals surface area contributed by atoms with E-state index in [1.54, 1.807) is 18.2 Å². The third-order valence-electron chi connectivity index (χ3n) is 5.10. The van der Waals surface area contributed by atoms with Gasteiger partial charge in [0, 0.05) is 38.2 Å². The fourth-order valence-electron chi connectivity index (χ4n) is 3.55. The molecule has 0 spiro atoms. The van der Waals surface area contributed by atoms with E-state index in [2.05, 4.69) is 16.2 Å². The van der Waals surface area contributed by atoms with E-state index in [4.69, 9.17) is 17.0 Å². The molecule has 1 atom stereocenters. The predicted molar refractivity (Wildman–Crippen MR) is 109 cm³/mol. The standard InChI is InChI=1S/C18H25N5O4S/c24-17(20-21-18(28)19-12-14-4-3-11-27-14)13-7-9-22(10-8-13)15-5-1-2-6-16(15)23(25)26/h1-2,5-6,13-14H,3-4,7-12H2,(H,20,24)(H2,19,21,28)/t14-/m0/s1. The largest absolute Gasteiger partial charge is 0.376 e. The van der Waals surface area contributed by atoms with Crippen LogP contribution in [-0.2, 0) is 9.53 Å². The molecule has 10 heteroatoms. The number of carbonyl (C=O) groups excluding carboxylic acids is 1. The molecule has 152 valence electrons. The lowest BCUT2D eigenvalue weighted by Gasteiger charge is -2.32. The molecule has 1 aromatic rings. The molecule has 3 rings (SSSR count). The second kappa shape index (κ2) is 9.65. The van der Waals surface area contributed by atoms with Crippen LogP contribution in [0.2, 0.25) is 0 Å². The van der Waals surface area contributed by atoms with Gasteiger partial charge in [-0.3, -0.25) is 25.8 Å². The van der Waals surface area contributed by atoms with Gasteiger partial charge in [-0.05, 0) is 44.0 Å². The number of para-hydroxylation sites is 2. The molecule has 2 aliphatic rings. The highest BCUT2D eigenvalue weighted by Crippen LogP contribution is 2.31. The van der Waals surface area contributed by atoms with Crippen molar-refractivity contribution >= 4 is 34.6 Å². The van der Waals surface area contributed by atoms with Crippen LogP contribution in [0.1, 0.15) is 25.7 Å². The summed E-state index contributed by atoms with van der Waals surface area (Å²) >= 11 is 5.17. The van der Waals surface area contributed by atoms with Gasteiger partial charge in [0.15, 0.2) is 5.11 Å². The molecule has 0 aromatic heterocycles. The number of anilines is 1. The molecule has 1 aromatic carbocycles. The van der Waals surface area contributed by atoms with Crippen LogP contribution in [0.4, 0.5) is 11.4 Å². The van der Waals surface area contributed by atoms with Crippen LogP contribution in [0.3, 0.4) is 0 Å². The third kappa shape index (κ3) is 5.29.